The van der Waals surface area contributed by atoms with Crippen LogP contribution in [-0.2, 0) is 21.7 Å². The maximum absolute atomic E-state index is 13.0. The van der Waals surface area contributed by atoms with Gasteiger partial charge in [-0.3, -0.25) is 0 Å². The Morgan fingerprint density at radius 1 is 0.846 bits per heavy atom. The molecule has 1 atom stereocenters. The number of benzene rings is 1. The molecule has 0 aliphatic carbocycles. The van der Waals surface area contributed by atoms with Gasteiger partial charge in [0, 0.05) is 0 Å². The van der Waals surface area contributed by atoms with Crippen LogP contribution < -0.4 is 5.46 Å². The Morgan fingerprint density at radius 2 is 1.31 bits per heavy atom. The lowest BCUT2D eigenvalue weighted by atomic mass is 9.66. The van der Waals surface area contributed by atoms with Gasteiger partial charge in [-0.05, 0) is 22.4 Å². The first-order chi connectivity index (χ1) is 11.5. The van der Waals surface area contributed by atoms with E-state index in [2.05, 4.69) is 0 Å². The maximum atomic E-state index is 13.0. The minimum absolute atomic E-state index is 0.0898. The molecular formula is C17H21BF6O2. The normalized spacial score (nSPS) is 20.0. The third kappa shape index (κ3) is 4.19. The van der Waals surface area contributed by atoms with Crippen molar-refractivity contribution < 1.29 is 35.7 Å². The molecule has 0 amide bonds. The second kappa shape index (κ2) is 6.44. The lowest BCUT2D eigenvalue weighted by Crippen LogP contribution is -2.43. The van der Waals surface area contributed by atoms with Gasteiger partial charge in [0.1, 0.15) is 0 Å². The highest BCUT2D eigenvalue weighted by molar-refractivity contribution is 6.61. The molecule has 146 valence electrons. The fourth-order valence-electron chi connectivity index (χ4n) is 2.55. The van der Waals surface area contributed by atoms with Crippen molar-refractivity contribution in [2.24, 2.45) is 10.8 Å². The molecule has 1 aliphatic heterocycles. The summed E-state index contributed by atoms with van der Waals surface area (Å²) in [4.78, 5) is 0. The van der Waals surface area contributed by atoms with Crippen LogP contribution in [0.5, 0.6) is 0 Å². The van der Waals surface area contributed by atoms with E-state index < -0.39 is 42.1 Å². The molecule has 1 aliphatic rings. The summed E-state index contributed by atoms with van der Waals surface area (Å²) in [6.45, 7) is 9.89. The molecule has 0 radical (unpaired) electrons. The predicted octanol–water partition coefficient (Wildman–Crippen LogP) is 4.91. The zero-order valence-corrected chi connectivity index (χ0v) is 15.2. The van der Waals surface area contributed by atoms with Crippen LogP contribution in [0, 0.1) is 10.8 Å². The van der Waals surface area contributed by atoms with Gasteiger partial charge in [0.15, 0.2) is 0 Å². The Bertz CT molecular complexity index is 628. The summed E-state index contributed by atoms with van der Waals surface area (Å²) in [5.74, 6) is 0. The van der Waals surface area contributed by atoms with Gasteiger partial charge >= 0.3 is 19.5 Å². The molecule has 0 N–H and O–H groups in total. The first-order valence-electron chi connectivity index (χ1n) is 8.10. The van der Waals surface area contributed by atoms with Crippen LogP contribution in [0.3, 0.4) is 0 Å². The van der Waals surface area contributed by atoms with E-state index in [1.807, 2.05) is 34.6 Å². The summed E-state index contributed by atoms with van der Waals surface area (Å²) in [5.41, 5.74) is -3.67. The van der Waals surface area contributed by atoms with E-state index in [-0.39, 0.29) is 23.6 Å². The summed E-state index contributed by atoms with van der Waals surface area (Å²) in [5, 5.41) is 0. The Morgan fingerprint density at radius 3 is 1.69 bits per heavy atom. The molecule has 2 nitrogen and oxygen atoms in total. The van der Waals surface area contributed by atoms with Crippen LogP contribution >= 0.6 is 0 Å². The summed E-state index contributed by atoms with van der Waals surface area (Å²) in [6, 6.07) is 1.38. The molecule has 0 aromatic heterocycles. The Hall–Kier alpha value is -1.22. The van der Waals surface area contributed by atoms with Crippen molar-refractivity contribution in [1.29, 1.82) is 0 Å². The van der Waals surface area contributed by atoms with Crippen LogP contribution in [0.15, 0.2) is 18.2 Å². The SMILES string of the molecule is CC(C)(C)C(C)(C)C1COB(c2cc(C(F)(F)F)cc(C(F)(F)F)c2)O1. The first kappa shape index (κ1) is 21.1. The Kier molecular flexibility index (Phi) is 5.22. The summed E-state index contributed by atoms with van der Waals surface area (Å²) in [6.07, 6.45) is -10.3. The molecule has 1 unspecified atom stereocenters. The highest BCUT2D eigenvalue weighted by Crippen LogP contribution is 2.44. The van der Waals surface area contributed by atoms with Crippen molar-refractivity contribution >= 4 is 12.6 Å². The van der Waals surface area contributed by atoms with Crippen LogP contribution in [0.4, 0.5) is 26.3 Å². The van der Waals surface area contributed by atoms with Gasteiger partial charge in [-0.25, -0.2) is 0 Å². The average molecular weight is 382 g/mol. The topological polar surface area (TPSA) is 18.5 Å². The molecule has 1 aromatic carbocycles. The van der Waals surface area contributed by atoms with Crippen molar-refractivity contribution in [3.63, 3.8) is 0 Å². The van der Waals surface area contributed by atoms with Crippen LogP contribution in [0.25, 0.3) is 0 Å². The zero-order chi connectivity index (χ0) is 20.1. The predicted molar refractivity (Wildman–Crippen MR) is 85.9 cm³/mol. The van der Waals surface area contributed by atoms with E-state index in [0.29, 0.717) is 12.1 Å². The van der Waals surface area contributed by atoms with E-state index in [9.17, 15) is 26.3 Å². The van der Waals surface area contributed by atoms with Crippen molar-refractivity contribution in [3.05, 3.63) is 29.3 Å². The quantitative estimate of drug-likeness (QED) is 0.535. The van der Waals surface area contributed by atoms with E-state index in [1.165, 1.54) is 0 Å². The minimum Gasteiger partial charge on any atom is -0.405 e. The van der Waals surface area contributed by atoms with Crippen LogP contribution in [0.2, 0.25) is 0 Å². The van der Waals surface area contributed by atoms with Crippen molar-refractivity contribution in [2.75, 3.05) is 6.61 Å². The van der Waals surface area contributed by atoms with E-state index in [1.54, 1.807) is 0 Å². The lowest BCUT2D eigenvalue weighted by Gasteiger charge is -2.42. The fraction of sp³-hybridized carbons (Fsp3) is 0.647. The van der Waals surface area contributed by atoms with Crippen molar-refractivity contribution in [3.8, 4) is 0 Å². The summed E-state index contributed by atoms with van der Waals surface area (Å²) in [7, 11) is -1.27. The maximum Gasteiger partial charge on any atom is 0.494 e. The van der Waals surface area contributed by atoms with Crippen molar-refractivity contribution in [2.45, 2.75) is 53.1 Å². The molecule has 1 saturated heterocycles. The minimum atomic E-state index is -4.90. The molecule has 1 aromatic rings. The molecule has 1 fully saturated rings. The van der Waals surface area contributed by atoms with Gasteiger partial charge in [-0.2, -0.15) is 26.3 Å². The van der Waals surface area contributed by atoms with Gasteiger partial charge in [0.2, 0.25) is 0 Å². The third-order valence-electron chi connectivity index (χ3n) is 5.31. The standard InChI is InChI=1S/C17H21BF6O2/c1-14(2,3)15(4,5)13-9-25-18(26-13)12-7-10(16(19,20)21)6-11(8-12)17(22,23)24/h6-8,13H,9H2,1-5H3. The molecular weight excluding hydrogens is 361 g/mol. The van der Waals surface area contributed by atoms with Crippen LogP contribution in [-0.4, -0.2) is 19.8 Å². The zero-order valence-electron chi connectivity index (χ0n) is 15.2. The number of hydrogen-bond donors (Lipinski definition) is 0. The van der Waals surface area contributed by atoms with Gasteiger partial charge in [0.05, 0.1) is 23.8 Å². The monoisotopic (exact) mass is 382 g/mol. The number of alkyl halides is 6. The molecule has 0 spiro atoms. The summed E-state index contributed by atoms with van der Waals surface area (Å²) < 4.78 is 89.1. The van der Waals surface area contributed by atoms with Crippen molar-refractivity contribution in [1.82, 2.24) is 0 Å². The highest BCUT2D eigenvalue weighted by Gasteiger charge is 2.48. The fourth-order valence-corrected chi connectivity index (χ4v) is 2.55. The van der Waals surface area contributed by atoms with Gasteiger partial charge < -0.3 is 9.31 Å². The average Bonchev–Trinajstić information content (AvgIpc) is 2.94. The number of hydrogen-bond acceptors (Lipinski definition) is 2. The van der Waals surface area contributed by atoms with Gasteiger partial charge in [-0.15, -0.1) is 0 Å². The Labute approximate surface area is 149 Å². The van der Waals surface area contributed by atoms with E-state index in [0.717, 1.165) is 0 Å². The molecule has 1 heterocycles. The number of rotatable bonds is 2. The number of halogens is 6. The first-order valence-corrected chi connectivity index (χ1v) is 8.10. The molecule has 2 rings (SSSR count). The second-order valence-corrected chi connectivity index (χ2v) is 8.10. The smallest absolute Gasteiger partial charge is 0.405 e. The largest absolute Gasteiger partial charge is 0.494 e. The van der Waals surface area contributed by atoms with E-state index in [4.69, 9.17) is 9.31 Å². The molecule has 26 heavy (non-hydrogen) atoms. The van der Waals surface area contributed by atoms with Gasteiger partial charge in [0.25, 0.3) is 0 Å². The molecule has 0 saturated carbocycles. The second-order valence-electron chi connectivity index (χ2n) is 8.10. The lowest BCUT2D eigenvalue weighted by molar-refractivity contribution is -0.142. The molecule has 9 heteroatoms. The highest BCUT2D eigenvalue weighted by atomic mass is 19.4. The van der Waals surface area contributed by atoms with Gasteiger partial charge in [-0.1, -0.05) is 46.8 Å². The third-order valence-corrected chi connectivity index (χ3v) is 5.31. The van der Waals surface area contributed by atoms with E-state index >= 15 is 0 Å². The van der Waals surface area contributed by atoms with Crippen LogP contribution in [0.1, 0.15) is 45.7 Å². The molecule has 0 bridgehead atoms. The summed E-state index contributed by atoms with van der Waals surface area (Å²) >= 11 is 0. The Balaban J connectivity index is 2.38.